The lowest BCUT2D eigenvalue weighted by Gasteiger charge is -2.52. The third-order valence-electron chi connectivity index (χ3n) is 11.2. The molecular formula is C38H62O4. The van der Waals surface area contributed by atoms with Gasteiger partial charge in [0.2, 0.25) is 0 Å². The highest BCUT2D eigenvalue weighted by molar-refractivity contribution is 5.32. The highest BCUT2D eigenvalue weighted by Gasteiger charge is 2.48. The van der Waals surface area contributed by atoms with E-state index in [1.54, 1.807) is 14.2 Å². The van der Waals surface area contributed by atoms with Gasteiger partial charge in [0.15, 0.2) is 0 Å². The Balaban J connectivity index is 2.34. The minimum atomic E-state index is -0.0156. The van der Waals surface area contributed by atoms with Crippen LogP contribution in [0.2, 0.25) is 0 Å². The van der Waals surface area contributed by atoms with E-state index in [-0.39, 0.29) is 27.8 Å². The summed E-state index contributed by atoms with van der Waals surface area (Å²) in [6, 6.07) is 16.5. The molecule has 0 amide bonds. The first-order chi connectivity index (χ1) is 19.4. The maximum Gasteiger partial charge on any atom is 0.119 e. The van der Waals surface area contributed by atoms with Crippen molar-refractivity contribution in [1.82, 2.24) is 0 Å². The highest BCUT2D eigenvalue weighted by atomic mass is 16.5. The minimum absolute atomic E-state index is 0.000274. The van der Waals surface area contributed by atoms with E-state index in [1.807, 2.05) is 24.3 Å². The zero-order valence-corrected chi connectivity index (χ0v) is 29.4. The monoisotopic (exact) mass is 582 g/mol. The van der Waals surface area contributed by atoms with Gasteiger partial charge in [-0.2, -0.15) is 0 Å². The Bertz CT molecular complexity index is 1060. The number of methoxy groups -OCH3 is 2. The first-order valence-electron chi connectivity index (χ1n) is 15.9. The molecule has 0 saturated carbocycles. The number of benzene rings is 2. The molecule has 2 rings (SSSR count). The highest BCUT2D eigenvalue weighted by Crippen LogP contribution is 2.57. The molecule has 4 heteroatoms. The van der Waals surface area contributed by atoms with Gasteiger partial charge < -0.3 is 18.9 Å². The van der Waals surface area contributed by atoms with Crippen molar-refractivity contribution in [3.05, 3.63) is 54.1 Å². The molecule has 2 aromatic carbocycles. The molecule has 0 N–H and O–H groups in total. The van der Waals surface area contributed by atoms with Gasteiger partial charge in [0.05, 0.1) is 26.9 Å². The molecule has 0 heterocycles. The molecule has 0 aliphatic carbocycles. The minimum Gasteiger partial charge on any atom is -0.497 e. The Morgan fingerprint density at radius 3 is 1.52 bits per heavy atom. The lowest BCUT2D eigenvalue weighted by Crippen LogP contribution is -2.46. The molecule has 4 nitrogen and oxygen atoms in total. The zero-order chi connectivity index (χ0) is 31.9. The predicted octanol–water partition coefficient (Wildman–Crippen LogP) is 10.4. The van der Waals surface area contributed by atoms with E-state index in [1.165, 1.54) is 5.56 Å². The standard InChI is InChI=1S/C38H62O4/c1-27(2)35(5,6)25-33(29-15-17-30(39-13)18-16-29)38(11,12)36(7,8)26-34(37(9,10)28(3)4)42-24-23-41-32-21-19-31(40-14)20-22-32/h15-22,27-28,33-34H,23-26H2,1-14H3. The molecule has 238 valence electrons. The van der Waals surface area contributed by atoms with E-state index in [9.17, 15) is 0 Å². The second-order valence-electron chi connectivity index (χ2n) is 15.3. The average Bonchev–Trinajstić information content (AvgIpc) is 2.93. The van der Waals surface area contributed by atoms with Gasteiger partial charge in [-0.05, 0) is 94.2 Å². The van der Waals surface area contributed by atoms with Crippen LogP contribution in [0.5, 0.6) is 17.2 Å². The summed E-state index contributed by atoms with van der Waals surface area (Å²) in [4.78, 5) is 0. The number of ether oxygens (including phenoxy) is 4. The van der Waals surface area contributed by atoms with Gasteiger partial charge in [0, 0.05) is 0 Å². The Kier molecular flexibility index (Phi) is 12.4. The smallest absolute Gasteiger partial charge is 0.119 e. The van der Waals surface area contributed by atoms with E-state index in [4.69, 9.17) is 18.9 Å². The summed E-state index contributed by atoms with van der Waals surface area (Å²) in [6.45, 7) is 29.8. The fourth-order valence-electron chi connectivity index (χ4n) is 5.52. The van der Waals surface area contributed by atoms with Crippen LogP contribution in [0.4, 0.5) is 0 Å². The number of hydrogen-bond donors (Lipinski definition) is 0. The Hall–Kier alpha value is -2.20. The van der Waals surface area contributed by atoms with Crippen molar-refractivity contribution in [2.24, 2.45) is 33.5 Å². The quantitative estimate of drug-likeness (QED) is 0.174. The summed E-state index contributed by atoms with van der Waals surface area (Å²) >= 11 is 0. The lowest BCUT2D eigenvalue weighted by molar-refractivity contribution is -0.0960. The van der Waals surface area contributed by atoms with Gasteiger partial charge in [-0.3, -0.25) is 0 Å². The predicted molar refractivity (Wildman–Crippen MR) is 178 cm³/mol. The molecule has 2 aromatic rings. The van der Waals surface area contributed by atoms with Crippen LogP contribution in [0.15, 0.2) is 48.5 Å². The van der Waals surface area contributed by atoms with Crippen LogP contribution in [-0.2, 0) is 4.74 Å². The van der Waals surface area contributed by atoms with E-state index in [2.05, 4.69) is 107 Å². The fourth-order valence-corrected chi connectivity index (χ4v) is 5.52. The van der Waals surface area contributed by atoms with E-state index >= 15 is 0 Å². The molecule has 0 aliphatic rings. The molecule has 2 atom stereocenters. The van der Waals surface area contributed by atoms with E-state index in [0.717, 1.165) is 30.1 Å². The Labute approximate surface area is 258 Å². The molecule has 0 radical (unpaired) electrons. The summed E-state index contributed by atoms with van der Waals surface area (Å²) < 4.78 is 23.6. The normalized spacial score (nSPS) is 14.7. The van der Waals surface area contributed by atoms with Crippen LogP contribution in [0.25, 0.3) is 0 Å². The van der Waals surface area contributed by atoms with Gasteiger partial charge in [0.1, 0.15) is 23.9 Å². The molecule has 0 saturated heterocycles. The largest absolute Gasteiger partial charge is 0.497 e. The Morgan fingerprint density at radius 1 is 0.595 bits per heavy atom. The summed E-state index contributed by atoms with van der Waals surface area (Å²) in [5.41, 5.74) is 1.56. The summed E-state index contributed by atoms with van der Waals surface area (Å²) in [5, 5.41) is 0. The van der Waals surface area contributed by atoms with Crippen LogP contribution in [-0.4, -0.2) is 33.5 Å². The molecule has 0 fully saturated rings. The maximum atomic E-state index is 6.75. The van der Waals surface area contributed by atoms with Gasteiger partial charge in [0.25, 0.3) is 0 Å². The number of hydrogen-bond acceptors (Lipinski definition) is 4. The second kappa shape index (κ2) is 14.5. The molecular weight excluding hydrogens is 520 g/mol. The van der Waals surface area contributed by atoms with Crippen molar-refractivity contribution in [3.63, 3.8) is 0 Å². The first-order valence-corrected chi connectivity index (χ1v) is 15.9. The van der Waals surface area contributed by atoms with Crippen molar-refractivity contribution in [3.8, 4) is 17.2 Å². The van der Waals surface area contributed by atoms with Gasteiger partial charge in [-0.25, -0.2) is 0 Å². The van der Waals surface area contributed by atoms with Crippen LogP contribution in [0.3, 0.4) is 0 Å². The van der Waals surface area contributed by atoms with E-state index < -0.39 is 0 Å². The third kappa shape index (κ3) is 8.91. The van der Waals surface area contributed by atoms with Gasteiger partial charge in [-0.15, -0.1) is 0 Å². The van der Waals surface area contributed by atoms with Crippen LogP contribution < -0.4 is 14.2 Å². The van der Waals surface area contributed by atoms with Crippen molar-refractivity contribution in [2.45, 2.75) is 108 Å². The summed E-state index contributed by atoms with van der Waals surface area (Å²) in [5.74, 6) is 3.99. The molecule has 0 bridgehead atoms. The van der Waals surface area contributed by atoms with Crippen LogP contribution in [0.1, 0.15) is 107 Å². The van der Waals surface area contributed by atoms with Gasteiger partial charge >= 0.3 is 0 Å². The summed E-state index contributed by atoms with van der Waals surface area (Å²) in [6.07, 6.45) is 2.16. The lowest BCUT2D eigenvalue weighted by atomic mass is 9.53. The van der Waals surface area contributed by atoms with Crippen molar-refractivity contribution in [2.75, 3.05) is 27.4 Å². The average molecular weight is 583 g/mol. The fraction of sp³-hybridized carbons (Fsp3) is 0.684. The van der Waals surface area contributed by atoms with Crippen LogP contribution >= 0.6 is 0 Å². The Morgan fingerprint density at radius 2 is 1.07 bits per heavy atom. The van der Waals surface area contributed by atoms with Crippen molar-refractivity contribution >= 4 is 0 Å². The molecule has 42 heavy (non-hydrogen) atoms. The van der Waals surface area contributed by atoms with Crippen LogP contribution in [0, 0.1) is 33.5 Å². The first kappa shape index (κ1) is 36.0. The molecule has 0 spiro atoms. The van der Waals surface area contributed by atoms with Crippen molar-refractivity contribution < 1.29 is 18.9 Å². The SMILES string of the molecule is COc1ccc(OCCOC(CC(C)(C)C(C)(C)C(CC(C)(C)C(C)C)c2ccc(OC)cc2)C(C)(C)C(C)C)cc1. The van der Waals surface area contributed by atoms with Crippen molar-refractivity contribution in [1.29, 1.82) is 0 Å². The molecule has 2 unspecified atom stereocenters. The number of rotatable bonds is 17. The molecule has 0 aromatic heterocycles. The zero-order valence-electron chi connectivity index (χ0n) is 29.4. The molecule has 0 aliphatic heterocycles. The van der Waals surface area contributed by atoms with E-state index in [0.29, 0.717) is 31.0 Å². The summed E-state index contributed by atoms with van der Waals surface area (Å²) in [7, 11) is 3.41. The topological polar surface area (TPSA) is 36.9 Å². The maximum absolute atomic E-state index is 6.75. The van der Waals surface area contributed by atoms with Gasteiger partial charge in [-0.1, -0.05) is 95.2 Å². The second-order valence-corrected chi connectivity index (χ2v) is 15.3. The third-order valence-corrected chi connectivity index (χ3v) is 11.2.